The molecule has 118 valence electrons. The molecule has 1 aromatic heterocycles. The highest BCUT2D eigenvalue weighted by Gasteiger charge is 2.24. The van der Waals surface area contributed by atoms with Crippen LogP contribution in [0.2, 0.25) is 0 Å². The van der Waals surface area contributed by atoms with E-state index in [2.05, 4.69) is 9.82 Å². The van der Waals surface area contributed by atoms with Crippen molar-refractivity contribution < 1.29 is 13.2 Å². The normalized spacial score (nSPS) is 11.4. The van der Waals surface area contributed by atoms with Gasteiger partial charge in [0, 0.05) is 17.8 Å². The van der Waals surface area contributed by atoms with E-state index in [1.807, 2.05) is 6.92 Å². The molecule has 0 aliphatic carbocycles. The molecule has 1 heterocycles. The smallest absolute Gasteiger partial charge is 0.265 e. The molecule has 0 saturated heterocycles. The summed E-state index contributed by atoms with van der Waals surface area (Å²) in [4.78, 5) is 11.3. The summed E-state index contributed by atoms with van der Waals surface area (Å²) < 4.78 is 29.2. The van der Waals surface area contributed by atoms with Crippen LogP contribution in [0.25, 0.3) is 0 Å². The number of nitrogens with one attached hydrogen (secondary N) is 1. The van der Waals surface area contributed by atoms with Crippen molar-refractivity contribution in [2.75, 3.05) is 4.72 Å². The zero-order valence-corrected chi connectivity index (χ0v) is 13.4. The van der Waals surface area contributed by atoms with Crippen molar-refractivity contribution in [3.63, 3.8) is 0 Å². The topological polar surface area (TPSA) is 107 Å². The molecule has 0 aliphatic rings. The van der Waals surface area contributed by atoms with Crippen LogP contribution >= 0.6 is 0 Å². The van der Waals surface area contributed by atoms with Gasteiger partial charge in [0.25, 0.3) is 10.0 Å². The summed E-state index contributed by atoms with van der Waals surface area (Å²) in [5.41, 5.74) is 6.71. The summed E-state index contributed by atoms with van der Waals surface area (Å²) in [5, 5.41) is 4.21. The van der Waals surface area contributed by atoms with Crippen LogP contribution in [0.3, 0.4) is 0 Å². The maximum absolute atomic E-state index is 12.6. The first-order valence-corrected chi connectivity index (χ1v) is 8.21. The number of benzene rings is 1. The second kappa shape index (κ2) is 5.80. The minimum atomic E-state index is -3.79. The quantitative estimate of drug-likeness (QED) is 0.868. The van der Waals surface area contributed by atoms with Crippen LogP contribution in [0.15, 0.2) is 29.2 Å². The van der Waals surface area contributed by atoms with Gasteiger partial charge in [0.15, 0.2) is 0 Å². The van der Waals surface area contributed by atoms with Gasteiger partial charge in [-0.05, 0) is 39.0 Å². The molecule has 22 heavy (non-hydrogen) atoms. The molecule has 2 rings (SSSR count). The van der Waals surface area contributed by atoms with Crippen LogP contribution in [0, 0.1) is 13.8 Å². The van der Waals surface area contributed by atoms with Gasteiger partial charge in [-0.15, -0.1) is 0 Å². The predicted molar refractivity (Wildman–Crippen MR) is 83.1 cm³/mol. The van der Waals surface area contributed by atoms with Crippen LogP contribution in [-0.2, 0) is 16.6 Å². The minimum Gasteiger partial charge on any atom is -0.366 e. The number of carbonyl (C=O) groups excluding carboxylic acids is 1. The Balaban J connectivity index is 2.42. The summed E-state index contributed by atoms with van der Waals surface area (Å²) in [5.74, 6) is -0.618. The Morgan fingerprint density at radius 3 is 2.59 bits per heavy atom. The first kappa shape index (κ1) is 16.0. The fraction of sp³-hybridized carbons (Fsp3) is 0.286. The van der Waals surface area contributed by atoms with Crippen molar-refractivity contribution in [1.29, 1.82) is 0 Å². The number of aryl methyl sites for hydroxylation is 2. The van der Waals surface area contributed by atoms with E-state index >= 15 is 0 Å². The van der Waals surface area contributed by atoms with Gasteiger partial charge in [0.05, 0.1) is 11.4 Å². The number of hydrogen-bond acceptors (Lipinski definition) is 4. The van der Waals surface area contributed by atoms with E-state index in [9.17, 15) is 13.2 Å². The number of nitrogens with two attached hydrogens (primary N) is 1. The average molecular weight is 322 g/mol. The number of anilines is 1. The fourth-order valence-corrected chi connectivity index (χ4v) is 3.78. The third-order valence-corrected chi connectivity index (χ3v) is 4.92. The molecule has 0 bridgehead atoms. The van der Waals surface area contributed by atoms with Crippen molar-refractivity contribution in [3.8, 4) is 0 Å². The summed E-state index contributed by atoms with van der Waals surface area (Å²) >= 11 is 0. The van der Waals surface area contributed by atoms with Crippen LogP contribution in [0.1, 0.15) is 28.7 Å². The van der Waals surface area contributed by atoms with E-state index in [4.69, 9.17) is 5.73 Å². The lowest BCUT2D eigenvalue weighted by atomic mass is 10.2. The second-order valence-corrected chi connectivity index (χ2v) is 6.49. The van der Waals surface area contributed by atoms with Gasteiger partial charge in [-0.25, -0.2) is 8.42 Å². The van der Waals surface area contributed by atoms with Crippen molar-refractivity contribution in [1.82, 2.24) is 9.78 Å². The Labute approximate surface area is 129 Å². The molecular formula is C14H18N4O3S. The zero-order chi connectivity index (χ0) is 16.5. The first-order chi connectivity index (χ1) is 10.3. The van der Waals surface area contributed by atoms with Crippen molar-refractivity contribution in [2.24, 2.45) is 5.73 Å². The Morgan fingerprint density at radius 1 is 1.36 bits per heavy atom. The minimum absolute atomic E-state index is 0.152. The largest absolute Gasteiger partial charge is 0.366 e. The monoisotopic (exact) mass is 322 g/mol. The van der Waals surface area contributed by atoms with Crippen molar-refractivity contribution in [3.05, 3.63) is 41.2 Å². The second-order valence-electron chi connectivity index (χ2n) is 4.87. The Hall–Kier alpha value is -2.35. The highest BCUT2D eigenvalue weighted by molar-refractivity contribution is 7.92. The molecule has 7 nitrogen and oxygen atoms in total. The molecule has 0 radical (unpaired) electrons. The number of primary amides is 1. The SMILES string of the molecule is CCn1nc(C)c(S(=O)(=O)Nc2cccc(C(N)=O)c2)c1C. The fourth-order valence-electron chi connectivity index (χ4n) is 2.32. The van der Waals surface area contributed by atoms with E-state index in [0.717, 1.165) is 0 Å². The van der Waals surface area contributed by atoms with Gasteiger partial charge in [0.2, 0.25) is 5.91 Å². The molecule has 0 spiro atoms. The van der Waals surface area contributed by atoms with Crippen LogP contribution in [-0.4, -0.2) is 24.1 Å². The maximum Gasteiger partial charge on any atom is 0.265 e. The van der Waals surface area contributed by atoms with Crippen molar-refractivity contribution in [2.45, 2.75) is 32.2 Å². The average Bonchev–Trinajstić information content (AvgIpc) is 2.73. The number of amides is 1. The van der Waals surface area contributed by atoms with E-state index in [0.29, 0.717) is 17.9 Å². The molecule has 3 N–H and O–H groups in total. The summed E-state index contributed by atoms with van der Waals surface area (Å²) in [6.07, 6.45) is 0. The Morgan fingerprint density at radius 2 is 2.05 bits per heavy atom. The van der Waals surface area contributed by atoms with E-state index in [1.165, 1.54) is 12.1 Å². The molecule has 0 unspecified atom stereocenters. The molecular weight excluding hydrogens is 304 g/mol. The number of sulfonamides is 1. The zero-order valence-electron chi connectivity index (χ0n) is 12.6. The molecule has 0 saturated carbocycles. The lowest BCUT2D eigenvalue weighted by Crippen LogP contribution is -2.16. The van der Waals surface area contributed by atoms with Crippen LogP contribution in [0.5, 0.6) is 0 Å². The molecule has 0 aliphatic heterocycles. The third kappa shape index (κ3) is 2.96. The molecule has 1 amide bonds. The summed E-state index contributed by atoms with van der Waals surface area (Å²) in [6.45, 7) is 5.82. The first-order valence-electron chi connectivity index (χ1n) is 6.73. The Kier molecular flexibility index (Phi) is 4.23. The number of carbonyl (C=O) groups is 1. The number of nitrogens with zero attached hydrogens (tertiary/aromatic N) is 2. The summed E-state index contributed by atoms with van der Waals surface area (Å²) in [6, 6.07) is 6.03. The number of aromatic nitrogens is 2. The van der Waals surface area contributed by atoms with Gasteiger partial charge < -0.3 is 5.73 Å². The molecule has 1 aromatic carbocycles. The van der Waals surface area contributed by atoms with Crippen LogP contribution in [0.4, 0.5) is 5.69 Å². The third-order valence-electron chi connectivity index (χ3n) is 3.28. The van der Waals surface area contributed by atoms with Gasteiger partial charge in [0.1, 0.15) is 4.90 Å². The summed E-state index contributed by atoms with van der Waals surface area (Å²) in [7, 11) is -3.79. The van der Waals surface area contributed by atoms with E-state index < -0.39 is 15.9 Å². The number of rotatable bonds is 5. The van der Waals surface area contributed by atoms with Crippen LogP contribution < -0.4 is 10.5 Å². The highest BCUT2D eigenvalue weighted by atomic mass is 32.2. The van der Waals surface area contributed by atoms with Crippen molar-refractivity contribution >= 4 is 21.6 Å². The van der Waals surface area contributed by atoms with Gasteiger partial charge in [-0.3, -0.25) is 14.2 Å². The van der Waals surface area contributed by atoms with E-state index in [1.54, 1.807) is 30.7 Å². The lowest BCUT2D eigenvalue weighted by molar-refractivity contribution is 0.100. The van der Waals surface area contributed by atoms with Gasteiger partial charge in [-0.2, -0.15) is 5.10 Å². The molecule has 0 fully saturated rings. The predicted octanol–water partition coefficient (Wildman–Crippen LogP) is 1.42. The highest BCUT2D eigenvalue weighted by Crippen LogP contribution is 2.23. The van der Waals surface area contributed by atoms with Gasteiger partial charge in [-0.1, -0.05) is 6.07 Å². The molecule has 2 aromatic rings. The Bertz CT molecular complexity index is 825. The molecule has 8 heteroatoms. The number of hydrogen-bond donors (Lipinski definition) is 2. The molecule has 0 atom stereocenters. The standard InChI is InChI=1S/C14H18N4O3S/c1-4-18-10(3)13(9(2)16-18)22(20,21)17-12-7-5-6-11(8-12)14(15)19/h5-8,17H,4H2,1-3H3,(H2,15,19). The maximum atomic E-state index is 12.6. The van der Waals surface area contributed by atoms with E-state index in [-0.39, 0.29) is 16.1 Å². The lowest BCUT2D eigenvalue weighted by Gasteiger charge is -2.09. The van der Waals surface area contributed by atoms with Gasteiger partial charge >= 0.3 is 0 Å².